The monoisotopic (exact) mass is 462 g/mol. The topological polar surface area (TPSA) is 87.9 Å². The van der Waals surface area contributed by atoms with Gasteiger partial charge in [0.1, 0.15) is 11.8 Å². The van der Waals surface area contributed by atoms with Gasteiger partial charge >= 0.3 is 6.36 Å². The Balaban J connectivity index is 1.56. The van der Waals surface area contributed by atoms with Gasteiger partial charge in [0, 0.05) is 32.1 Å². The van der Waals surface area contributed by atoms with Crippen molar-refractivity contribution in [2.45, 2.75) is 43.8 Å². The summed E-state index contributed by atoms with van der Waals surface area (Å²) in [5, 5.41) is 2.82. The Morgan fingerprint density at radius 3 is 2.39 bits per heavy atom. The van der Waals surface area contributed by atoms with Crippen LogP contribution in [0.1, 0.15) is 24.8 Å². The van der Waals surface area contributed by atoms with Gasteiger partial charge in [-0.3, -0.25) is 9.59 Å². The fraction of sp³-hybridized carbons (Fsp3) is 0.391. The van der Waals surface area contributed by atoms with Gasteiger partial charge in [0.15, 0.2) is 0 Å². The summed E-state index contributed by atoms with van der Waals surface area (Å²) in [6.07, 6.45) is -3.03. The number of amides is 2. The van der Waals surface area contributed by atoms with Gasteiger partial charge in [0.2, 0.25) is 5.91 Å². The van der Waals surface area contributed by atoms with Crippen molar-refractivity contribution < 1.29 is 27.5 Å². The fourth-order valence-electron chi connectivity index (χ4n) is 3.94. The van der Waals surface area contributed by atoms with Gasteiger partial charge in [0.05, 0.1) is 11.4 Å². The first-order chi connectivity index (χ1) is 15.5. The van der Waals surface area contributed by atoms with Crippen molar-refractivity contribution in [3.05, 3.63) is 54.1 Å². The predicted octanol–water partition coefficient (Wildman–Crippen LogP) is 2.93. The standard InChI is InChI=1S/C23H25F3N4O3/c1-29-18-4-2-3-5-19(18)30(13-15-6-8-16(9-7-15)33-23(24,25)26)14-17(21(29)32)28-20(31)12-22(27)10-11-22/h2-9,17H,10-14,27H2,1H3,(H,28,31)/t17-/m1/s1. The summed E-state index contributed by atoms with van der Waals surface area (Å²) < 4.78 is 41.3. The van der Waals surface area contributed by atoms with Crippen molar-refractivity contribution in [3.8, 4) is 5.75 Å². The quantitative estimate of drug-likeness (QED) is 0.689. The lowest BCUT2D eigenvalue weighted by Gasteiger charge is -2.27. The molecule has 1 saturated carbocycles. The normalized spacial score (nSPS) is 19.5. The number of nitrogens with two attached hydrogens (primary N) is 1. The Hall–Kier alpha value is -3.27. The average Bonchev–Trinajstić information content (AvgIpc) is 3.48. The highest BCUT2D eigenvalue weighted by Gasteiger charge is 2.41. The number of likely N-dealkylation sites (N-methyl/N-ethyl adjacent to an activating group) is 1. The van der Waals surface area contributed by atoms with E-state index in [0.717, 1.165) is 24.1 Å². The number of carbonyl (C=O) groups is 2. The van der Waals surface area contributed by atoms with Crippen LogP contribution in [0.3, 0.4) is 0 Å². The zero-order valence-corrected chi connectivity index (χ0v) is 18.1. The molecule has 10 heteroatoms. The molecule has 2 aromatic carbocycles. The lowest BCUT2D eigenvalue weighted by molar-refractivity contribution is -0.274. The van der Waals surface area contributed by atoms with E-state index in [9.17, 15) is 22.8 Å². The number of benzene rings is 2. The Morgan fingerprint density at radius 1 is 1.15 bits per heavy atom. The van der Waals surface area contributed by atoms with Crippen molar-refractivity contribution in [2.75, 3.05) is 23.4 Å². The highest BCUT2D eigenvalue weighted by molar-refractivity contribution is 6.03. The number of nitrogens with zero attached hydrogens (tertiary/aromatic N) is 2. The third kappa shape index (κ3) is 5.57. The van der Waals surface area contributed by atoms with Crippen molar-refractivity contribution in [1.29, 1.82) is 0 Å². The summed E-state index contributed by atoms with van der Waals surface area (Å²) >= 11 is 0. The summed E-state index contributed by atoms with van der Waals surface area (Å²) in [4.78, 5) is 29.1. The zero-order chi connectivity index (χ0) is 23.8. The maximum Gasteiger partial charge on any atom is 0.573 e. The molecule has 33 heavy (non-hydrogen) atoms. The first-order valence-corrected chi connectivity index (χ1v) is 10.6. The molecular formula is C23H25F3N4O3. The maximum absolute atomic E-state index is 13.1. The highest BCUT2D eigenvalue weighted by atomic mass is 19.4. The number of fused-ring (bicyclic) bond motifs is 1. The molecule has 0 bridgehead atoms. The maximum atomic E-state index is 13.1. The van der Waals surface area contributed by atoms with E-state index in [4.69, 9.17) is 5.73 Å². The van der Waals surface area contributed by atoms with E-state index in [2.05, 4.69) is 10.1 Å². The predicted molar refractivity (Wildman–Crippen MR) is 117 cm³/mol. The van der Waals surface area contributed by atoms with Crippen LogP contribution < -0.4 is 25.6 Å². The number of ether oxygens (including phenoxy) is 1. The molecule has 176 valence electrons. The van der Waals surface area contributed by atoms with E-state index in [0.29, 0.717) is 12.2 Å². The lowest BCUT2D eigenvalue weighted by atomic mass is 10.1. The number of para-hydroxylation sites is 2. The summed E-state index contributed by atoms with van der Waals surface area (Å²) in [7, 11) is 1.65. The van der Waals surface area contributed by atoms with Crippen LogP contribution in [-0.4, -0.2) is 43.3 Å². The largest absolute Gasteiger partial charge is 0.573 e. The number of rotatable bonds is 6. The van der Waals surface area contributed by atoms with Crippen LogP contribution in [0.5, 0.6) is 5.75 Å². The number of anilines is 2. The zero-order valence-electron chi connectivity index (χ0n) is 18.1. The van der Waals surface area contributed by atoms with Crippen molar-refractivity contribution in [3.63, 3.8) is 0 Å². The van der Waals surface area contributed by atoms with Crippen LogP contribution in [0.25, 0.3) is 0 Å². The molecule has 7 nitrogen and oxygen atoms in total. The number of halogens is 3. The van der Waals surface area contributed by atoms with Crippen LogP contribution in [0.2, 0.25) is 0 Å². The first kappa shape index (κ1) is 22.9. The second-order valence-electron chi connectivity index (χ2n) is 8.62. The second kappa shape index (κ2) is 8.58. The van der Waals surface area contributed by atoms with E-state index in [1.165, 1.54) is 17.0 Å². The molecule has 0 spiro atoms. The van der Waals surface area contributed by atoms with E-state index in [1.807, 2.05) is 29.2 Å². The summed E-state index contributed by atoms with van der Waals surface area (Å²) in [6, 6.07) is 12.1. The highest BCUT2D eigenvalue weighted by Crippen LogP contribution is 2.36. The molecule has 2 aromatic rings. The molecule has 1 aliphatic heterocycles. The SMILES string of the molecule is CN1C(=O)[C@H](NC(=O)CC2(N)CC2)CN(Cc2ccc(OC(F)(F)F)cc2)c2ccccc21. The third-order valence-electron chi connectivity index (χ3n) is 5.89. The number of nitrogens with one attached hydrogen (secondary N) is 1. The molecule has 4 rings (SSSR count). The van der Waals surface area contributed by atoms with E-state index >= 15 is 0 Å². The molecule has 0 saturated heterocycles. The summed E-state index contributed by atoms with van der Waals surface area (Å²) in [6.45, 7) is 0.516. The summed E-state index contributed by atoms with van der Waals surface area (Å²) in [5.74, 6) is -0.839. The smallest absolute Gasteiger partial charge is 0.406 e. The minimum absolute atomic E-state index is 0.161. The van der Waals surface area contributed by atoms with E-state index < -0.39 is 17.9 Å². The third-order valence-corrected chi connectivity index (χ3v) is 5.89. The molecule has 1 fully saturated rings. The van der Waals surface area contributed by atoms with Crippen LogP contribution in [0.4, 0.5) is 24.5 Å². The van der Waals surface area contributed by atoms with Gasteiger partial charge < -0.3 is 25.6 Å². The Bertz CT molecular complexity index is 1040. The molecule has 3 N–H and O–H groups in total. The van der Waals surface area contributed by atoms with Crippen LogP contribution in [-0.2, 0) is 16.1 Å². The van der Waals surface area contributed by atoms with Crippen molar-refractivity contribution in [2.24, 2.45) is 5.73 Å². The minimum atomic E-state index is -4.76. The Labute approximate surface area is 189 Å². The molecule has 0 aromatic heterocycles. The minimum Gasteiger partial charge on any atom is -0.406 e. The van der Waals surface area contributed by atoms with Crippen LogP contribution in [0.15, 0.2) is 48.5 Å². The van der Waals surface area contributed by atoms with E-state index in [-0.39, 0.29) is 30.5 Å². The van der Waals surface area contributed by atoms with Gasteiger partial charge in [-0.05, 0) is 42.7 Å². The number of hydrogen-bond donors (Lipinski definition) is 2. The van der Waals surface area contributed by atoms with Gasteiger partial charge in [-0.2, -0.15) is 0 Å². The molecule has 1 atom stereocenters. The molecule has 1 aliphatic carbocycles. The average molecular weight is 462 g/mol. The van der Waals surface area contributed by atoms with Gasteiger partial charge in [-0.1, -0.05) is 24.3 Å². The molecule has 0 radical (unpaired) electrons. The number of carbonyl (C=O) groups excluding carboxylic acids is 2. The lowest BCUT2D eigenvalue weighted by Crippen LogP contribution is -2.52. The molecule has 0 unspecified atom stereocenters. The molecule has 2 amide bonds. The molecule has 2 aliphatic rings. The first-order valence-electron chi connectivity index (χ1n) is 10.6. The number of alkyl halides is 3. The summed E-state index contributed by atoms with van der Waals surface area (Å²) in [5.41, 5.74) is 7.74. The van der Waals surface area contributed by atoms with Gasteiger partial charge in [-0.25, -0.2) is 0 Å². The van der Waals surface area contributed by atoms with Gasteiger partial charge in [0.25, 0.3) is 5.91 Å². The molecule has 1 heterocycles. The van der Waals surface area contributed by atoms with Crippen molar-refractivity contribution in [1.82, 2.24) is 5.32 Å². The Morgan fingerprint density at radius 2 is 1.79 bits per heavy atom. The van der Waals surface area contributed by atoms with Gasteiger partial charge in [-0.15, -0.1) is 13.2 Å². The Kier molecular flexibility index (Phi) is 5.96. The van der Waals surface area contributed by atoms with Crippen LogP contribution >= 0.6 is 0 Å². The molecular weight excluding hydrogens is 437 g/mol. The van der Waals surface area contributed by atoms with Crippen molar-refractivity contribution >= 4 is 23.2 Å². The fourth-order valence-corrected chi connectivity index (χ4v) is 3.94. The van der Waals surface area contributed by atoms with E-state index in [1.54, 1.807) is 19.2 Å². The second-order valence-corrected chi connectivity index (χ2v) is 8.62. The van der Waals surface area contributed by atoms with Crippen LogP contribution in [0, 0.1) is 0 Å². The number of hydrogen-bond acceptors (Lipinski definition) is 5.